The maximum absolute atomic E-state index is 13.2. The fraction of sp³-hybridized carbons (Fsp3) is 0.500. The van der Waals surface area contributed by atoms with Crippen LogP contribution in [0.25, 0.3) is 0 Å². The number of amides is 1. The first kappa shape index (κ1) is 18.5. The van der Waals surface area contributed by atoms with Crippen molar-refractivity contribution in [3.8, 4) is 5.75 Å². The Balaban J connectivity index is 1.92. The van der Waals surface area contributed by atoms with Crippen LogP contribution in [-0.2, 0) is 12.6 Å². The number of aromatic nitrogens is 2. The van der Waals surface area contributed by atoms with Gasteiger partial charge in [0.15, 0.2) is 0 Å². The zero-order chi connectivity index (χ0) is 19.1. The van der Waals surface area contributed by atoms with Crippen LogP contribution >= 0.6 is 0 Å². The molecule has 6 nitrogen and oxygen atoms in total. The Bertz CT molecular complexity index is 808. The number of carbonyl (C=O) groups is 1. The highest BCUT2D eigenvalue weighted by Crippen LogP contribution is 2.36. The number of likely N-dealkylation sites (tertiary alicyclic amines) is 1. The van der Waals surface area contributed by atoms with Crippen molar-refractivity contribution >= 4 is 5.91 Å². The van der Waals surface area contributed by atoms with Gasteiger partial charge < -0.3 is 14.7 Å². The van der Waals surface area contributed by atoms with Crippen LogP contribution in [0.15, 0.2) is 24.3 Å². The molecule has 0 saturated carbocycles. The first-order chi connectivity index (χ1) is 12.3. The number of aliphatic hydroxyl groups is 1. The second kappa shape index (κ2) is 6.76. The topological polar surface area (TPSA) is 67.6 Å². The van der Waals surface area contributed by atoms with Crippen molar-refractivity contribution in [2.24, 2.45) is 7.05 Å². The van der Waals surface area contributed by atoms with Crippen LogP contribution < -0.4 is 4.74 Å². The van der Waals surface area contributed by atoms with Gasteiger partial charge in [0, 0.05) is 19.3 Å². The van der Waals surface area contributed by atoms with E-state index in [1.165, 1.54) is 0 Å². The number of nitrogens with zero attached hydrogens (tertiary/aromatic N) is 3. The second-order valence-corrected chi connectivity index (χ2v) is 7.20. The van der Waals surface area contributed by atoms with E-state index in [1.807, 2.05) is 45.2 Å². The third-order valence-electron chi connectivity index (χ3n) is 5.56. The van der Waals surface area contributed by atoms with Crippen LogP contribution in [0.2, 0.25) is 0 Å². The zero-order valence-corrected chi connectivity index (χ0v) is 16.1. The fourth-order valence-corrected chi connectivity index (χ4v) is 3.94. The molecule has 1 aliphatic rings. The first-order valence-corrected chi connectivity index (χ1v) is 8.95. The Morgan fingerprint density at radius 2 is 1.96 bits per heavy atom. The summed E-state index contributed by atoms with van der Waals surface area (Å²) in [6.07, 6.45) is 1.64. The molecule has 0 radical (unpaired) electrons. The van der Waals surface area contributed by atoms with Crippen molar-refractivity contribution in [3.63, 3.8) is 0 Å². The summed E-state index contributed by atoms with van der Waals surface area (Å²) >= 11 is 0. The summed E-state index contributed by atoms with van der Waals surface area (Å²) in [4.78, 5) is 15.0. The lowest BCUT2D eigenvalue weighted by Crippen LogP contribution is -2.48. The molecular weight excluding hydrogens is 330 g/mol. The van der Waals surface area contributed by atoms with Crippen molar-refractivity contribution in [1.29, 1.82) is 0 Å². The molecular formula is C20H27N3O3. The van der Waals surface area contributed by atoms with Crippen molar-refractivity contribution in [1.82, 2.24) is 14.7 Å². The molecule has 1 aliphatic heterocycles. The number of ether oxygens (including phenoxy) is 1. The van der Waals surface area contributed by atoms with Gasteiger partial charge in [-0.05, 0) is 51.3 Å². The maximum atomic E-state index is 13.2. The first-order valence-electron chi connectivity index (χ1n) is 8.95. The van der Waals surface area contributed by atoms with Crippen molar-refractivity contribution < 1.29 is 14.6 Å². The monoisotopic (exact) mass is 357 g/mol. The van der Waals surface area contributed by atoms with E-state index in [2.05, 4.69) is 5.10 Å². The number of carbonyl (C=O) groups excluding carboxylic acids is 1. The third-order valence-corrected chi connectivity index (χ3v) is 5.56. The molecule has 26 heavy (non-hydrogen) atoms. The van der Waals surface area contributed by atoms with Crippen LogP contribution in [0.5, 0.6) is 5.75 Å². The fourth-order valence-electron chi connectivity index (χ4n) is 3.94. The van der Waals surface area contributed by atoms with E-state index in [-0.39, 0.29) is 11.9 Å². The van der Waals surface area contributed by atoms with Gasteiger partial charge in [-0.25, -0.2) is 0 Å². The normalized spacial score (nSPS) is 19.5. The summed E-state index contributed by atoms with van der Waals surface area (Å²) in [6, 6.07) is 7.11. The Morgan fingerprint density at radius 3 is 2.50 bits per heavy atom. The number of methoxy groups -OCH3 is 1. The standard InChI is InChI=1S/C20H27N3O3/c1-13-18(14(2)22(4)21-13)19(24)23-12-6-7-17(23)20(3,25)15-8-10-16(26-5)11-9-15/h8-11,17,25H,6-7,12H2,1-5H3/t17-,20+/m1/s1. The maximum Gasteiger partial charge on any atom is 0.257 e. The Morgan fingerprint density at radius 1 is 1.31 bits per heavy atom. The third kappa shape index (κ3) is 2.98. The number of aryl methyl sites for hydroxylation is 2. The molecule has 0 unspecified atom stereocenters. The smallest absolute Gasteiger partial charge is 0.257 e. The minimum absolute atomic E-state index is 0.0515. The van der Waals surface area contributed by atoms with E-state index in [0.29, 0.717) is 12.1 Å². The number of hydrogen-bond acceptors (Lipinski definition) is 4. The highest BCUT2D eigenvalue weighted by atomic mass is 16.5. The van der Waals surface area contributed by atoms with E-state index in [9.17, 15) is 9.90 Å². The molecule has 1 saturated heterocycles. The molecule has 1 N–H and O–H groups in total. The minimum Gasteiger partial charge on any atom is -0.497 e. The van der Waals surface area contributed by atoms with Crippen LogP contribution in [-0.4, -0.2) is 45.4 Å². The molecule has 0 bridgehead atoms. The Hall–Kier alpha value is -2.34. The van der Waals surface area contributed by atoms with Gasteiger partial charge >= 0.3 is 0 Å². The van der Waals surface area contributed by atoms with Gasteiger partial charge in [0.25, 0.3) is 5.91 Å². The van der Waals surface area contributed by atoms with Gasteiger partial charge in [-0.15, -0.1) is 0 Å². The predicted octanol–water partition coefficient (Wildman–Crippen LogP) is 2.56. The van der Waals surface area contributed by atoms with Crippen LogP contribution in [0.4, 0.5) is 0 Å². The number of hydrogen-bond donors (Lipinski definition) is 1. The quantitative estimate of drug-likeness (QED) is 0.913. The summed E-state index contributed by atoms with van der Waals surface area (Å²) in [5.41, 5.74) is 1.86. The number of rotatable bonds is 4. The molecule has 0 spiro atoms. The summed E-state index contributed by atoms with van der Waals surface area (Å²) in [7, 11) is 3.46. The molecule has 0 aliphatic carbocycles. The number of benzene rings is 1. The molecule has 6 heteroatoms. The lowest BCUT2D eigenvalue weighted by molar-refractivity contribution is -0.0177. The van der Waals surface area contributed by atoms with Crippen LogP contribution in [0.1, 0.15) is 47.1 Å². The summed E-state index contributed by atoms with van der Waals surface area (Å²) in [6.45, 7) is 6.18. The molecule has 1 aromatic carbocycles. The molecule has 2 aromatic rings. The van der Waals surface area contributed by atoms with Crippen LogP contribution in [0, 0.1) is 13.8 Å². The average Bonchev–Trinajstić information content (AvgIpc) is 3.20. The van der Waals surface area contributed by atoms with Crippen molar-refractivity contribution in [2.75, 3.05) is 13.7 Å². The molecule has 140 valence electrons. The summed E-state index contributed by atoms with van der Waals surface area (Å²) in [5, 5.41) is 15.7. The van der Waals surface area contributed by atoms with E-state index in [4.69, 9.17) is 4.74 Å². The molecule has 2 atom stereocenters. The zero-order valence-electron chi connectivity index (χ0n) is 16.1. The average molecular weight is 357 g/mol. The van der Waals surface area contributed by atoms with E-state index >= 15 is 0 Å². The van der Waals surface area contributed by atoms with Gasteiger partial charge in [-0.2, -0.15) is 5.10 Å². The van der Waals surface area contributed by atoms with Gasteiger partial charge in [0.2, 0.25) is 0 Å². The van der Waals surface area contributed by atoms with Crippen molar-refractivity contribution in [3.05, 3.63) is 46.8 Å². The van der Waals surface area contributed by atoms with E-state index in [0.717, 1.165) is 35.5 Å². The van der Waals surface area contributed by atoms with Gasteiger partial charge in [0.1, 0.15) is 11.4 Å². The lowest BCUT2D eigenvalue weighted by atomic mass is 9.86. The Kier molecular flexibility index (Phi) is 4.80. The van der Waals surface area contributed by atoms with E-state index < -0.39 is 5.60 Å². The van der Waals surface area contributed by atoms with Crippen LogP contribution in [0.3, 0.4) is 0 Å². The molecule has 1 fully saturated rings. The van der Waals surface area contributed by atoms with Gasteiger partial charge in [-0.3, -0.25) is 9.48 Å². The largest absolute Gasteiger partial charge is 0.497 e. The second-order valence-electron chi connectivity index (χ2n) is 7.20. The highest BCUT2D eigenvalue weighted by Gasteiger charge is 2.43. The predicted molar refractivity (Wildman–Crippen MR) is 99.3 cm³/mol. The van der Waals surface area contributed by atoms with Crippen molar-refractivity contribution in [2.45, 2.75) is 45.3 Å². The summed E-state index contributed by atoms with van der Waals surface area (Å²) in [5.74, 6) is 0.690. The van der Waals surface area contributed by atoms with Gasteiger partial charge in [0.05, 0.1) is 24.4 Å². The molecule has 3 rings (SSSR count). The molecule has 2 heterocycles. The summed E-state index contributed by atoms with van der Waals surface area (Å²) < 4.78 is 6.93. The van der Waals surface area contributed by atoms with E-state index in [1.54, 1.807) is 23.6 Å². The SMILES string of the molecule is COc1ccc([C@](C)(O)[C@H]2CCCN2C(=O)c2c(C)nn(C)c2C)cc1. The molecule has 1 amide bonds. The molecule has 1 aromatic heterocycles. The van der Waals surface area contributed by atoms with Gasteiger partial charge in [-0.1, -0.05) is 12.1 Å². The Labute approximate surface area is 154 Å². The minimum atomic E-state index is -1.14. The highest BCUT2D eigenvalue weighted by molar-refractivity contribution is 5.96. The lowest BCUT2D eigenvalue weighted by Gasteiger charge is -2.37.